The van der Waals surface area contributed by atoms with Crippen LogP contribution in [0.25, 0.3) is 0 Å². The molecule has 2 unspecified atom stereocenters. The molecule has 102 heavy (non-hydrogen) atoms. The molecular weight excluding hydrogens is 1330 g/mol. The van der Waals surface area contributed by atoms with Crippen LogP contribution in [0.4, 0.5) is 0 Å². The molecule has 0 aromatic rings. The second-order valence-electron chi connectivity index (χ2n) is 31.3. The molecule has 5 atom stereocenters. The lowest BCUT2D eigenvalue weighted by Gasteiger charge is -2.21. The molecule has 0 aliphatic heterocycles. The van der Waals surface area contributed by atoms with Crippen molar-refractivity contribution in [3.63, 3.8) is 0 Å². The van der Waals surface area contributed by atoms with E-state index in [0.717, 1.165) is 108 Å². The zero-order valence-corrected chi connectivity index (χ0v) is 68.9. The number of hydrogen-bond acceptors (Lipinski definition) is 15. The van der Waals surface area contributed by atoms with E-state index in [1.165, 1.54) is 244 Å². The van der Waals surface area contributed by atoms with Gasteiger partial charge >= 0.3 is 39.5 Å². The number of rotatable bonds is 81. The smallest absolute Gasteiger partial charge is 0.462 e. The minimum Gasteiger partial charge on any atom is -0.462 e. The Kier molecular flexibility index (Phi) is 71.8. The molecule has 0 rings (SSSR count). The molecule has 19 heteroatoms. The molecular formula is C83H162O17P2. The maximum Gasteiger partial charge on any atom is 0.472 e. The number of ether oxygens (including phenoxy) is 4. The van der Waals surface area contributed by atoms with Crippen molar-refractivity contribution in [2.75, 3.05) is 39.6 Å². The van der Waals surface area contributed by atoms with Gasteiger partial charge in [-0.1, -0.05) is 382 Å². The van der Waals surface area contributed by atoms with Crippen LogP contribution in [0.15, 0.2) is 0 Å². The molecule has 0 radical (unpaired) electrons. The van der Waals surface area contributed by atoms with Gasteiger partial charge < -0.3 is 33.8 Å². The van der Waals surface area contributed by atoms with Crippen molar-refractivity contribution >= 4 is 39.5 Å². The van der Waals surface area contributed by atoms with Crippen molar-refractivity contribution < 1.29 is 80.2 Å². The summed E-state index contributed by atoms with van der Waals surface area (Å²) in [7, 11) is -9.92. The van der Waals surface area contributed by atoms with Crippen molar-refractivity contribution in [2.45, 2.75) is 452 Å². The van der Waals surface area contributed by atoms with E-state index in [0.29, 0.717) is 25.7 Å². The average Bonchev–Trinajstić information content (AvgIpc) is 0.918. The molecule has 3 N–H and O–H groups in total. The summed E-state index contributed by atoms with van der Waals surface area (Å²) in [6, 6.07) is 0. The van der Waals surface area contributed by atoms with Gasteiger partial charge in [0.25, 0.3) is 0 Å². The van der Waals surface area contributed by atoms with E-state index in [-0.39, 0.29) is 25.7 Å². The Morgan fingerprint density at radius 2 is 0.451 bits per heavy atom. The van der Waals surface area contributed by atoms with Crippen molar-refractivity contribution in [3.05, 3.63) is 0 Å². The fourth-order valence-electron chi connectivity index (χ4n) is 12.8. The summed E-state index contributed by atoms with van der Waals surface area (Å²) in [6.45, 7) is 11.9. The van der Waals surface area contributed by atoms with Crippen LogP contribution in [0.2, 0.25) is 0 Å². The molecule has 0 aliphatic carbocycles. The van der Waals surface area contributed by atoms with Gasteiger partial charge in [0.1, 0.15) is 19.3 Å². The molecule has 0 amide bonds. The summed E-state index contributed by atoms with van der Waals surface area (Å²) in [5, 5.41) is 10.7. The highest BCUT2D eigenvalue weighted by atomic mass is 31.2. The van der Waals surface area contributed by atoms with Gasteiger partial charge in [-0.05, 0) is 43.4 Å². The molecule has 0 saturated heterocycles. The quantitative estimate of drug-likeness (QED) is 0.0222. The van der Waals surface area contributed by atoms with Crippen molar-refractivity contribution in [1.82, 2.24) is 0 Å². The SMILES string of the molecule is CCCCCCCCCCCCCCCCCCCCCCCCC(=O)O[C@H](COC(=O)CCCCCCCCCCCCCCC(C)C)COP(=O)(O)OC[C@@H](O)COP(=O)(O)OC[C@@H](COC(=O)CCCCCCCCCCC(C)C)OC(=O)CCCCCCCCCCCCCC(C)C. The lowest BCUT2D eigenvalue weighted by atomic mass is 10.0. The van der Waals surface area contributed by atoms with E-state index < -0.39 is 97.5 Å². The van der Waals surface area contributed by atoms with Crippen LogP contribution in [0.3, 0.4) is 0 Å². The molecule has 0 heterocycles. The van der Waals surface area contributed by atoms with Gasteiger partial charge in [-0.3, -0.25) is 37.3 Å². The Balaban J connectivity index is 5.22. The van der Waals surface area contributed by atoms with Crippen LogP contribution in [0.5, 0.6) is 0 Å². The lowest BCUT2D eigenvalue weighted by Crippen LogP contribution is -2.30. The highest BCUT2D eigenvalue weighted by Crippen LogP contribution is 2.45. The molecule has 0 bridgehead atoms. The Morgan fingerprint density at radius 1 is 0.265 bits per heavy atom. The van der Waals surface area contributed by atoms with Gasteiger partial charge in [0, 0.05) is 25.7 Å². The topological polar surface area (TPSA) is 237 Å². The molecule has 0 aliphatic rings. The van der Waals surface area contributed by atoms with Crippen LogP contribution >= 0.6 is 15.6 Å². The normalized spacial score (nSPS) is 13.9. The zero-order chi connectivity index (χ0) is 75.1. The summed E-state index contributed by atoms with van der Waals surface area (Å²) >= 11 is 0. The van der Waals surface area contributed by atoms with Gasteiger partial charge in [-0.25, -0.2) is 9.13 Å². The number of aliphatic hydroxyl groups is 1. The van der Waals surface area contributed by atoms with Crippen LogP contribution in [-0.4, -0.2) is 96.7 Å². The van der Waals surface area contributed by atoms with Crippen molar-refractivity contribution in [2.24, 2.45) is 17.8 Å². The number of phosphoric acid groups is 2. The zero-order valence-electron chi connectivity index (χ0n) is 67.1. The van der Waals surface area contributed by atoms with E-state index in [4.69, 9.17) is 37.0 Å². The Bertz CT molecular complexity index is 1970. The standard InChI is InChI=1S/C83H162O17P2/c1-8-9-10-11-12-13-14-15-16-17-18-19-20-21-22-23-24-31-36-45-52-59-66-82(87)99-78(70-93-80(85)64-57-50-43-35-30-26-25-28-33-40-47-54-61-74(2)3)72-97-101(89,90)95-68-77(84)69-96-102(91,92)98-73-79(71-94-81(86)65-58-51-44-39-38-42-49-56-63-76(6)7)100-83(88)67-60-53-46-37-32-27-29-34-41-48-55-62-75(4)5/h74-79,84H,8-73H2,1-7H3,(H,89,90)(H,91,92)/t77-,78-,79-/m1/s1. The van der Waals surface area contributed by atoms with Gasteiger partial charge in [0.15, 0.2) is 12.2 Å². The van der Waals surface area contributed by atoms with Crippen LogP contribution < -0.4 is 0 Å². The predicted octanol–water partition coefficient (Wildman–Crippen LogP) is 24.9. The monoisotopic (exact) mass is 1490 g/mol. The van der Waals surface area contributed by atoms with Crippen molar-refractivity contribution in [3.8, 4) is 0 Å². The highest BCUT2D eigenvalue weighted by molar-refractivity contribution is 7.47. The number of carbonyl (C=O) groups is 4. The predicted molar refractivity (Wildman–Crippen MR) is 418 cm³/mol. The summed E-state index contributed by atoms with van der Waals surface area (Å²) in [6.07, 6.45) is 62.6. The van der Waals surface area contributed by atoms with Gasteiger partial charge in [0.05, 0.1) is 26.4 Å². The summed E-state index contributed by atoms with van der Waals surface area (Å²) in [5.74, 6) is 0.163. The highest BCUT2D eigenvalue weighted by Gasteiger charge is 2.30. The third-order valence-electron chi connectivity index (χ3n) is 19.4. The fourth-order valence-corrected chi connectivity index (χ4v) is 14.4. The number of carbonyl (C=O) groups excluding carboxylic acids is 4. The van der Waals surface area contributed by atoms with Gasteiger partial charge in [-0.2, -0.15) is 0 Å². The Morgan fingerprint density at radius 3 is 0.667 bits per heavy atom. The third kappa shape index (κ3) is 76.3. The first kappa shape index (κ1) is 100. The number of unbranched alkanes of at least 4 members (excludes halogenated alkanes) is 49. The fraction of sp³-hybridized carbons (Fsp3) is 0.952. The summed E-state index contributed by atoms with van der Waals surface area (Å²) < 4.78 is 68.8. The van der Waals surface area contributed by atoms with Crippen LogP contribution in [0, 0.1) is 17.8 Å². The van der Waals surface area contributed by atoms with Crippen LogP contribution in [-0.2, 0) is 65.4 Å². The lowest BCUT2D eigenvalue weighted by molar-refractivity contribution is -0.161. The molecule has 0 aromatic heterocycles. The number of hydrogen-bond donors (Lipinski definition) is 3. The van der Waals surface area contributed by atoms with Gasteiger partial charge in [-0.15, -0.1) is 0 Å². The average molecular weight is 1490 g/mol. The summed E-state index contributed by atoms with van der Waals surface area (Å²) in [5.41, 5.74) is 0. The Labute approximate surface area is 626 Å². The largest absolute Gasteiger partial charge is 0.472 e. The second kappa shape index (κ2) is 73.2. The number of phosphoric ester groups is 2. The van der Waals surface area contributed by atoms with E-state index >= 15 is 0 Å². The summed E-state index contributed by atoms with van der Waals surface area (Å²) in [4.78, 5) is 73.1. The number of esters is 4. The first-order chi connectivity index (χ1) is 49.2. The first-order valence-electron chi connectivity index (χ1n) is 42.8. The molecule has 0 aromatic carbocycles. The van der Waals surface area contributed by atoms with Gasteiger partial charge in [0.2, 0.25) is 0 Å². The minimum atomic E-state index is -4.96. The molecule has 0 saturated carbocycles. The first-order valence-corrected chi connectivity index (χ1v) is 45.8. The maximum absolute atomic E-state index is 13.1. The van der Waals surface area contributed by atoms with Crippen molar-refractivity contribution in [1.29, 1.82) is 0 Å². The molecule has 606 valence electrons. The van der Waals surface area contributed by atoms with E-state index in [1.54, 1.807) is 0 Å². The van der Waals surface area contributed by atoms with Crippen LogP contribution in [0.1, 0.15) is 434 Å². The minimum absolute atomic E-state index is 0.106. The maximum atomic E-state index is 13.1. The second-order valence-corrected chi connectivity index (χ2v) is 34.2. The number of aliphatic hydroxyl groups excluding tert-OH is 1. The van der Waals surface area contributed by atoms with E-state index in [2.05, 4.69) is 48.5 Å². The Hall–Kier alpha value is -1.94. The molecule has 17 nitrogen and oxygen atoms in total. The molecule has 0 fully saturated rings. The molecule has 0 spiro atoms. The van der Waals surface area contributed by atoms with E-state index in [9.17, 15) is 43.2 Å². The van der Waals surface area contributed by atoms with E-state index in [1.807, 2.05) is 0 Å². The third-order valence-corrected chi connectivity index (χ3v) is 21.3.